The standard InChI is InChI=1S/C27H37F2NO4.C11H22O2/c1-5-8-9-10-11-12-13-23(32)34-26-18(6-2)14-16-21(31)24(26)25(33)19-15-17-22(27(4,28)29)30-20(19)7-3;1-3-5-6-7-8-9-11(12)13-10-4-2/h15,17-18H,5-14,16H2,1-4H3;3-10H2,1-2H3. The van der Waals surface area contributed by atoms with E-state index in [1.165, 1.54) is 31.7 Å². The third-order valence-corrected chi connectivity index (χ3v) is 8.25. The van der Waals surface area contributed by atoms with Gasteiger partial charge >= 0.3 is 11.9 Å². The topological polar surface area (TPSA) is 99.6 Å². The van der Waals surface area contributed by atoms with Crippen molar-refractivity contribution in [2.75, 3.05) is 6.61 Å². The number of pyridine rings is 1. The fourth-order valence-corrected chi connectivity index (χ4v) is 5.41. The van der Waals surface area contributed by atoms with Crippen LogP contribution in [0.5, 0.6) is 0 Å². The van der Waals surface area contributed by atoms with Gasteiger partial charge in [-0.1, -0.05) is 92.4 Å². The molecule has 1 aromatic heterocycles. The molecule has 9 heteroatoms. The van der Waals surface area contributed by atoms with Crippen LogP contribution in [-0.4, -0.2) is 35.1 Å². The van der Waals surface area contributed by atoms with Gasteiger partial charge < -0.3 is 9.47 Å². The van der Waals surface area contributed by atoms with Gasteiger partial charge in [0.05, 0.1) is 12.3 Å². The number of allylic oxidation sites excluding steroid dienone is 2. The van der Waals surface area contributed by atoms with Crippen molar-refractivity contribution < 1.29 is 37.4 Å². The maximum atomic E-state index is 13.7. The number of alkyl halides is 2. The number of esters is 2. The van der Waals surface area contributed by atoms with Crippen LogP contribution in [0.2, 0.25) is 0 Å². The summed E-state index contributed by atoms with van der Waals surface area (Å²) in [5.74, 6) is -4.70. The number of aromatic nitrogens is 1. The highest BCUT2D eigenvalue weighted by Gasteiger charge is 2.36. The molecular formula is C38H59F2NO6. The molecular weight excluding hydrogens is 604 g/mol. The van der Waals surface area contributed by atoms with E-state index in [0.29, 0.717) is 32.3 Å². The van der Waals surface area contributed by atoms with Crippen LogP contribution in [0.1, 0.15) is 172 Å². The van der Waals surface area contributed by atoms with Gasteiger partial charge in [-0.05, 0) is 50.7 Å². The zero-order valence-electron chi connectivity index (χ0n) is 29.8. The van der Waals surface area contributed by atoms with Crippen LogP contribution in [0, 0.1) is 5.92 Å². The second kappa shape index (κ2) is 23.4. The van der Waals surface area contributed by atoms with Crippen molar-refractivity contribution in [3.63, 3.8) is 0 Å². The lowest BCUT2D eigenvalue weighted by atomic mass is 9.82. The second-order valence-electron chi connectivity index (χ2n) is 12.4. The Bertz CT molecular complexity index is 1160. The van der Waals surface area contributed by atoms with Crippen molar-refractivity contribution in [2.24, 2.45) is 5.92 Å². The quantitative estimate of drug-likeness (QED) is 0.0558. The number of Topliss-reactive ketones (excluding diaryl/α,β-unsaturated/α-hetero) is 2. The molecule has 0 spiro atoms. The minimum Gasteiger partial charge on any atom is -0.466 e. The van der Waals surface area contributed by atoms with Gasteiger partial charge in [0.1, 0.15) is 17.0 Å². The second-order valence-corrected chi connectivity index (χ2v) is 12.4. The van der Waals surface area contributed by atoms with Crippen LogP contribution in [0.15, 0.2) is 23.5 Å². The first-order chi connectivity index (χ1) is 22.4. The number of carbonyl (C=O) groups is 4. The summed E-state index contributed by atoms with van der Waals surface area (Å²) >= 11 is 0. The number of unbranched alkanes of at least 4 members (excludes halogenated alkanes) is 9. The fraction of sp³-hybridized carbons (Fsp3) is 0.711. The Kier molecular flexibility index (Phi) is 20.9. The molecule has 0 bridgehead atoms. The van der Waals surface area contributed by atoms with E-state index in [1.54, 1.807) is 6.92 Å². The first-order valence-electron chi connectivity index (χ1n) is 18.0. The van der Waals surface area contributed by atoms with E-state index in [4.69, 9.17) is 9.47 Å². The lowest BCUT2D eigenvalue weighted by Crippen LogP contribution is -2.28. The number of halogens is 2. The van der Waals surface area contributed by atoms with E-state index in [9.17, 15) is 28.0 Å². The molecule has 0 saturated carbocycles. The minimum atomic E-state index is -3.14. The molecule has 0 aliphatic heterocycles. The molecule has 1 aromatic rings. The average molecular weight is 664 g/mol. The van der Waals surface area contributed by atoms with Crippen LogP contribution in [0.25, 0.3) is 0 Å². The smallest absolute Gasteiger partial charge is 0.310 e. The number of ether oxygens (including phenoxy) is 2. The molecule has 0 saturated heterocycles. The molecule has 1 heterocycles. The fourth-order valence-electron chi connectivity index (χ4n) is 5.41. The van der Waals surface area contributed by atoms with Gasteiger partial charge in [-0.15, -0.1) is 0 Å². The Morgan fingerprint density at radius 3 is 1.94 bits per heavy atom. The number of hydrogen-bond acceptors (Lipinski definition) is 7. The van der Waals surface area contributed by atoms with E-state index in [-0.39, 0.29) is 59.5 Å². The molecule has 0 amide bonds. The summed E-state index contributed by atoms with van der Waals surface area (Å²) in [5.41, 5.74) is -0.274. The van der Waals surface area contributed by atoms with Crippen LogP contribution in [0.4, 0.5) is 8.78 Å². The van der Waals surface area contributed by atoms with Crippen LogP contribution in [-0.2, 0) is 36.2 Å². The van der Waals surface area contributed by atoms with Gasteiger partial charge in [0, 0.05) is 37.7 Å². The third kappa shape index (κ3) is 15.7. The number of nitrogens with zero attached hydrogens (tertiary/aromatic N) is 1. The van der Waals surface area contributed by atoms with Crippen molar-refractivity contribution in [3.8, 4) is 0 Å². The minimum absolute atomic E-state index is 0.0293. The van der Waals surface area contributed by atoms with E-state index in [2.05, 4.69) is 18.8 Å². The molecule has 0 aromatic carbocycles. The monoisotopic (exact) mass is 663 g/mol. The largest absolute Gasteiger partial charge is 0.466 e. The molecule has 0 N–H and O–H groups in total. The molecule has 1 aliphatic carbocycles. The van der Waals surface area contributed by atoms with E-state index in [0.717, 1.165) is 57.9 Å². The SMILES string of the molecule is CCCCCCCC(=O)OCCC.CCCCCCCCC(=O)OC1=C(C(=O)c2ccc(C(C)(F)F)nc2CC)C(=O)CCC1CC. The molecule has 0 fully saturated rings. The first kappa shape index (κ1) is 42.1. The summed E-state index contributed by atoms with van der Waals surface area (Å²) in [6.45, 7) is 11.3. The highest BCUT2D eigenvalue weighted by molar-refractivity contribution is 6.27. The third-order valence-electron chi connectivity index (χ3n) is 8.25. The molecule has 7 nitrogen and oxygen atoms in total. The molecule has 266 valence electrons. The molecule has 47 heavy (non-hydrogen) atoms. The van der Waals surface area contributed by atoms with E-state index in [1.807, 2.05) is 13.8 Å². The van der Waals surface area contributed by atoms with Crippen molar-refractivity contribution >= 4 is 23.5 Å². The van der Waals surface area contributed by atoms with Crippen molar-refractivity contribution in [1.82, 2.24) is 4.98 Å². The highest BCUT2D eigenvalue weighted by atomic mass is 19.3. The van der Waals surface area contributed by atoms with Gasteiger partial charge in [-0.25, -0.2) is 0 Å². The zero-order chi connectivity index (χ0) is 35.2. The predicted octanol–water partition coefficient (Wildman–Crippen LogP) is 10.2. The summed E-state index contributed by atoms with van der Waals surface area (Å²) in [6, 6.07) is 2.41. The van der Waals surface area contributed by atoms with Crippen LogP contribution < -0.4 is 0 Å². The number of aryl methyl sites for hydroxylation is 1. The van der Waals surface area contributed by atoms with Gasteiger partial charge in [0.25, 0.3) is 5.92 Å². The van der Waals surface area contributed by atoms with Gasteiger partial charge in [0.2, 0.25) is 5.78 Å². The predicted molar refractivity (Wildman–Crippen MR) is 181 cm³/mol. The summed E-state index contributed by atoms with van der Waals surface area (Å²) in [4.78, 5) is 53.9. The number of carbonyl (C=O) groups excluding carboxylic acids is 4. The van der Waals surface area contributed by atoms with Gasteiger partial charge in [-0.2, -0.15) is 8.78 Å². The first-order valence-corrected chi connectivity index (χ1v) is 18.0. The highest BCUT2D eigenvalue weighted by Crippen LogP contribution is 2.34. The number of hydrogen-bond donors (Lipinski definition) is 0. The van der Waals surface area contributed by atoms with Crippen molar-refractivity contribution in [3.05, 3.63) is 40.4 Å². The molecule has 0 radical (unpaired) electrons. The van der Waals surface area contributed by atoms with Gasteiger partial charge in [0.15, 0.2) is 5.78 Å². The van der Waals surface area contributed by atoms with E-state index >= 15 is 0 Å². The van der Waals surface area contributed by atoms with Gasteiger partial charge in [-0.3, -0.25) is 24.2 Å². The summed E-state index contributed by atoms with van der Waals surface area (Å²) in [7, 11) is 0. The molecule has 1 atom stereocenters. The van der Waals surface area contributed by atoms with Crippen molar-refractivity contribution in [2.45, 2.75) is 163 Å². The summed E-state index contributed by atoms with van der Waals surface area (Å²) in [6.07, 6.45) is 15.4. The Morgan fingerprint density at radius 1 is 0.830 bits per heavy atom. The van der Waals surface area contributed by atoms with Crippen molar-refractivity contribution in [1.29, 1.82) is 0 Å². The molecule has 2 rings (SSSR count). The Balaban J connectivity index is 0.000000716. The molecule has 1 unspecified atom stereocenters. The van der Waals surface area contributed by atoms with E-state index < -0.39 is 23.4 Å². The average Bonchev–Trinajstić information content (AvgIpc) is 3.04. The Hall–Kier alpha value is -2.97. The Morgan fingerprint density at radius 2 is 1.40 bits per heavy atom. The maximum Gasteiger partial charge on any atom is 0.310 e. The normalized spacial score (nSPS) is 14.8. The number of ketones is 2. The lowest BCUT2D eigenvalue weighted by Gasteiger charge is -2.26. The summed E-state index contributed by atoms with van der Waals surface area (Å²) in [5, 5.41) is 0. The maximum absolute atomic E-state index is 13.7. The molecule has 1 aliphatic rings. The van der Waals surface area contributed by atoms with Crippen LogP contribution >= 0.6 is 0 Å². The lowest BCUT2D eigenvalue weighted by molar-refractivity contribution is -0.144. The van der Waals surface area contributed by atoms with Crippen LogP contribution in [0.3, 0.4) is 0 Å². The Labute approximate surface area is 281 Å². The number of rotatable bonds is 21. The summed E-state index contributed by atoms with van der Waals surface area (Å²) < 4.78 is 38.1. The zero-order valence-corrected chi connectivity index (χ0v) is 29.8.